The van der Waals surface area contributed by atoms with Crippen LogP contribution in [0.15, 0.2) is 16.5 Å². The SMILES string of the molecule is Cc1ccc(CN2CCN(C(=O)OC(C)(C)C)CC2)o1. The van der Waals surface area contributed by atoms with Crippen molar-refractivity contribution in [3.05, 3.63) is 23.7 Å². The Hall–Kier alpha value is -1.49. The Labute approximate surface area is 120 Å². The van der Waals surface area contributed by atoms with Gasteiger partial charge in [0.25, 0.3) is 0 Å². The van der Waals surface area contributed by atoms with E-state index in [1.54, 1.807) is 4.90 Å². The van der Waals surface area contributed by atoms with Crippen molar-refractivity contribution in [2.45, 2.75) is 39.8 Å². The maximum absolute atomic E-state index is 11.9. The minimum absolute atomic E-state index is 0.217. The first-order chi connectivity index (χ1) is 9.33. The van der Waals surface area contributed by atoms with Crippen molar-refractivity contribution < 1.29 is 13.9 Å². The summed E-state index contributed by atoms with van der Waals surface area (Å²) < 4.78 is 11.0. The quantitative estimate of drug-likeness (QED) is 0.835. The Morgan fingerprint density at radius 3 is 2.40 bits per heavy atom. The zero-order chi connectivity index (χ0) is 14.8. The summed E-state index contributed by atoms with van der Waals surface area (Å²) in [5.74, 6) is 1.92. The van der Waals surface area contributed by atoms with E-state index in [-0.39, 0.29) is 6.09 Å². The molecule has 0 radical (unpaired) electrons. The largest absolute Gasteiger partial charge is 0.465 e. The average molecular weight is 280 g/mol. The van der Waals surface area contributed by atoms with Gasteiger partial charge in [-0.2, -0.15) is 0 Å². The molecule has 1 saturated heterocycles. The van der Waals surface area contributed by atoms with E-state index in [9.17, 15) is 4.79 Å². The third kappa shape index (κ3) is 4.27. The molecule has 0 bridgehead atoms. The summed E-state index contributed by atoms with van der Waals surface area (Å²) in [6, 6.07) is 3.99. The van der Waals surface area contributed by atoms with Gasteiger partial charge >= 0.3 is 6.09 Å². The fourth-order valence-electron chi connectivity index (χ4n) is 2.21. The number of ether oxygens (including phenoxy) is 1. The minimum atomic E-state index is -0.431. The van der Waals surface area contributed by atoms with Crippen LogP contribution in [0.3, 0.4) is 0 Å². The summed E-state index contributed by atoms with van der Waals surface area (Å²) in [4.78, 5) is 16.0. The Kier molecular flexibility index (Phi) is 4.38. The van der Waals surface area contributed by atoms with Crippen molar-refractivity contribution in [1.29, 1.82) is 0 Å². The van der Waals surface area contributed by atoms with Gasteiger partial charge in [-0.15, -0.1) is 0 Å². The molecule has 0 unspecified atom stereocenters. The van der Waals surface area contributed by atoms with Crippen LogP contribution in [0.1, 0.15) is 32.3 Å². The normalized spacial score (nSPS) is 17.3. The van der Waals surface area contributed by atoms with Gasteiger partial charge in [-0.1, -0.05) is 0 Å². The van der Waals surface area contributed by atoms with Gasteiger partial charge in [0.2, 0.25) is 0 Å². The molecule has 1 fully saturated rings. The standard InChI is InChI=1S/C15H24N2O3/c1-12-5-6-13(19-12)11-16-7-9-17(10-8-16)14(18)20-15(2,3)4/h5-6H,7-11H2,1-4H3. The number of piperazine rings is 1. The third-order valence-electron chi connectivity index (χ3n) is 3.20. The predicted octanol–water partition coefficient (Wildman–Crippen LogP) is 2.64. The van der Waals surface area contributed by atoms with E-state index >= 15 is 0 Å². The average Bonchev–Trinajstić information content (AvgIpc) is 2.73. The maximum Gasteiger partial charge on any atom is 0.410 e. The fourth-order valence-corrected chi connectivity index (χ4v) is 2.21. The summed E-state index contributed by atoms with van der Waals surface area (Å²) in [6.07, 6.45) is -0.217. The van der Waals surface area contributed by atoms with Gasteiger partial charge < -0.3 is 14.1 Å². The van der Waals surface area contributed by atoms with Crippen LogP contribution in [-0.4, -0.2) is 47.7 Å². The van der Waals surface area contributed by atoms with Crippen LogP contribution in [0.25, 0.3) is 0 Å². The van der Waals surface area contributed by atoms with E-state index in [1.165, 1.54) is 0 Å². The zero-order valence-electron chi connectivity index (χ0n) is 12.8. The van der Waals surface area contributed by atoms with Crippen LogP contribution < -0.4 is 0 Å². The molecule has 112 valence electrons. The van der Waals surface area contributed by atoms with Gasteiger partial charge in [-0.05, 0) is 39.8 Å². The third-order valence-corrected chi connectivity index (χ3v) is 3.20. The number of hydrogen-bond donors (Lipinski definition) is 0. The molecule has 0 atom stereocenters. The number of amides is 1. The molecule has 0 aromatic carbocycles. The van der Waals surface area contributed by atoms with Crippen molar-refractivity contribution in [2.75, 3.05) is 26.2 Å². The molecule has 20 heavy (non-hydrogen) atoms. The Bertz CT molecular complexity index is 454. The van der Waals surface area contributed by atoms with Crippen molar-refractivity contribution in [3.63, 3.8) is 0 Å². The van der Waals surface area contributed by atoms with Crippen molar-refractivity contribution in [1.82, 2.24) is 9.80 Å². The van der Waals surface area contributed by atoms with Crippen LogP contribution in [0.2, 0.25) is 0 Å². The van der Waals surface area contributed by atoms with Crippen LogP contribution in [-0.2, 0) is 11.3 Å². The van der Waals surface area contributed by atoms with Gasteiger partial charge in [0.15, 0.2) is 0 Å². The number of furan rings is 1. The number of rotatable bonds is 2. The van der Waals surface area contributed by atoms with E-state index in [4.69, 9.17) is 9.15 Å². The molecule has 0 aliphatic carbocycles. The summed E-state index contributed by atoms with van der Waals surface area (Å²) in [6.45, 7) is 11.5. The second-order valence-corrected chi connectivity index (χ2v) is 6.26. The Balaban J connectivity index is 1.79. The van der Waals surface area contributed by atoms with Gasteiger partial charge in [-0.25, -0.2) is 4.79 Å². The van der Waals surface area contributed by atoms with Crippen LogP contribution >= 0.6 is 0 Å². The second kappa shape index (κ2) is 5.87. The Morgan fingerprint density at radius 1 is 1.25 bits per heavy atom. The molecule has 1 aliphatic heterocycles. The van der Waals surface area contributed by atoms with Gasteiger partial charge in [0.05, 0.1) is 6.54 Å². The lowest BCUT2D eigenvalue weighted by Crippen LogP contribution is -2.49. The lowest BCUT2D eigenvalue weighted by atomic mass is 10.2. The maximum atomic E-state index is 11.9. The lowest BCUT2D eigenvalue weighted by molar-refractivity contribution is 0.0134. The number of hydrogen-bond acceptors (Lipinski definition) is 4. The molecule has 0 N–H and O–H groups in total. The molecule has 0 saturated carbocycles. The van der Waals surface area contributed by atoms with Crippen LogP contribution in [0.4, 0.5) is 4.79 Å². The summed E-state index contributed by atoms with van der Waals surface area (Å²) >= 11 is 0. The molecule has 0 spiro atoms. The number of carbonyl (C=O) groups is 1. The number of carbonyl (C=O) groups excluding carboxylic acids is 1. The van der Waals surface area contributed by atoms with Gasteiger partial charge in [0.1, 0.15) is 17.1 Å². The van der Waals surface area contributed by atoms with Gasteiger partial charge in [0, 0.05) is 26.2 Å². The molecule has 5 nitrogen and oxygen atoms in total. The van der Waals surface area contributed by atoms with E-state index in [0.717, 1.165) is 31.2 Å². The topological polar surface area (TPSA) is 45.9 Å². The lowest BCUT2D eigenvalue weighted by Gasteiger charge is -2.35. The molecular formula is C15H24N2O3. The number of aryl methyl sites for hydroxylation is 1. The second-order valence-electron chi connectivity index (χ2n) is 6.26. The van der Waals surface area contributed by atoms with Gasteiger partial charge in [-0.3, -0.25) is 4.90 Å². The molecule has 2 heterocycles. The van der Waals surface area contributed by atoms with Crippen molar-refractivity contribution in [3.8, 4) is 0 Å². The monoisotopic (exact) mass is 280 g/mol. The Morgan fingerprint density at radius 2 is 1.90 bits per heavy atom. The summed E-state index contributed by atoms with van der Waals surface area (Å²) in [5, 5.41) is 0. The first kappa shape index (κ1) is 14.9. The number of nitrogens with zero attached hydrogens (tertiary/aromatic N) is 2. The summed E-state index contributed by atoms with van der Waals surface area (Å²) in [7, 11) is 0. The van der Waals surface area contributed by atoms with E-state index in [1.807, 2.05) is 39.8 Å². The van der Waals surface area contributed by atoms with Crippen LogP contribution in [0.5, 0.6) is 0 Å². The highest BCUT2D eigenvalue weighted by atomic mass is 16.6. The highest BCUT2D eigenvalue weighted by molar-refractivity contribution is 5.68. The van der Waals surface area contributed by atoms with E-state index in [2.05, 4.69) is 4.90 Å². The predicted molar refractivity (Wildman–Crippen MR) is 76.5 cm³/mol. The molecule has 1 aliphatic rings. The molecule has 1 amide bonds. The zero-order valence-corrected chi connectivity index (χ0v) is 12.8. The highest BCUT2D eigenvalue weighted by Crippen LogP contribution is 2.14. The van der Waals surface area contributed by atoms with E-state index in [0.29, 0.717) is 13.1 Å². The molecular weight excluding hydrogens is 256 g/mol. The first-order valence-corrected chi connectivity index (χ1v) is 7.09. The van der Waals surface area contributed by atoms with E-state index < -0.39 is 5.60 Å². The van der Waals surface area contributed by atoms with Crippen LogP contribution in [0, 0.1) is 6.92 Å². The highest BCUT2D eigenvalue weighted by Gasteiger charge is 2.26. The molecule has 1 aromatic heterocycles. The molecule has 2 rings (SSSR count). The minimum Gasteiger partial charge on any atom is -0.465 e. The first-order valence-electron chi connectivity index (χ1n) is 7.09. The molecule has 1 aromatic rings. The smallest absolute Gasteiger partial charge is 0.410 e. The summed E-state index contributed by atoms with van der Waals surface area (Å²) in [5.41, 5.74) is -0.431. The molecule has 5 heteroatoms. The fraction of sp³-hybridized carbons (Fsp3) is 0.667. The van der Waals surface area contributed by atoms with Crippen molar-refractivity contribution >= 4 is 6.09 Å². The van der Waals surface area contributed by atoms with Crippen molar-refractivity contribution in [2.24, 2.45) is 0 Å².